The molecule has 0 aromatic heterocycles. The van der Waals surface area contributed by atoms with Gasteiger partial charge in [0.05, 0.1) is 6.61 Å². The molecule has 0 aromatic carbocycles. The number of carbonyl (C=O) groups is 1. The van der Waals surface area contributed by atoms with Gasteiger partial charge in [0.15, 0.2) is 0 Å². The van der Waals surface area contributed by atoms with Crippen molar-refractivity contribution in [2.24, 2.45) is 16.7 Å². The van der Waals surface area contributed by atoms with E-state index < -0.39 is 22.7 Å². The standard InChI is InChI=1S/C10H14F2O2/c1-4-14-7(13)9-5-6(9)8(2,3)10(9,11)12/h6H,4-5H2,1-3H3/t6-,9-/m0/s1. The van der Waals surface area contributed by atoms with Crippen molar-refractivity contribution < 1.29 is 18.3 Å². The van der Waals surface area contributed by atoms with Crippen molar-refractivity contribution in [2.75, 3.05) is 6.61 Å². The number of esters is 1. The number of halogens is 2. The molecule has 2 fully saturated rings. The van der Waals surface area contributed by atoms with Gasteiger partial charge in [-0.15, -0.1) is 0 Å². The number of alkyl halides is 2. The fraction of sp³-hybridized carbons (Fsp3) is 0.900. The van der Waals surface area contributed by atoms with Crippen molar-refractivity contribution >= 4 is 5.97 Å². The minimum atomic E-state index is -2.91. The van der Waals surface area contributed by atoms with Crippen LogP contribution in [0.3, 0.4) is 0 Å². The number of rotatable bonds is 2. The fourth-order valence-electron chi connectivity index (χ4n) is 2.81. The number of fused-ring (bicyclic) bond motifs is 1. The first kappa shape index (κ1) is 9.87. The summed E-state index contributed by atoms with van der Waals surface area (Å²) in [5, 5.41) is 0. The molecule has 0 unspecified atom stereocenters. The molecule has 2 atom stereocenters. The molecule has 0 saturated heterocycles. The smallest absolute Gasteiger partial charge is 0.318 e. The number of ether oxygens (including phenoxy) is 1. The van der Waals surface area contributed by atoms with E-state index in [9.17, 15) is 13.6 Å². The molecular formula is C10H14F2O2. The Morgan fingerprint density at radius 1 is 1.50 bits per heavy atom. The van der Waals surface area contributed by atoms with Crippen LogP contribution in [-0.2, 0) is 9.53 Å². The van der Waals surface area contributed by atoms with E-state index in [4.69, 9.17) is 4.74 Å². The summed E-state index contributed by atoms with van der Waals surface area (Å²) in [5.41, 5.74) is -2.51. The highest BCUT2D eigenvalue weighted by Crippen LogP contribution is 2.83. The molecule has 0 spiro atoms. The summed E-state index contributed by atoms with van der Waals surface area (Å²) in [7, 11) is 0. The van der Waals surface area contributed by atoms with E-state index in [0.29, 0.717) is 0 Å². The Balaban J connectivity index is 2.22. The van der Waals surface area contributed by atoms with Gasteiger partial charge in [0.1, 0.15) is 5.41 Å². The summed E-state index contributed by atoms with van der Waals surface area (Å²) in [5.74, 6) is -3.81. The minimum absolute atomic E-state index is 0.170. The minimum Gasteiger partial charge on any atom is -0.465 e. The molecular weight excluding hydrogens is 190 g/mol. The van der Waals surface area contributed by atoms with Crippen LogP contribution < -0.4 is 0 Å². The van der Waals surface area contributed by atoms with E-state index in [1.807, 2.05) is 0 Å². The zero-order valence-corrected chi connectivity index (χ0v) is 8.56. The lowest BCUT2D eigenvalue weighted by molar-refractivity contribution is -0.247. The van der Waals surface area contributed by atoms with Crippen molar-refractivity contribution in [1.29, 1.82) is 0 Å². The predicted molar refractivity (Wildman–Crippen MR) is 45.9 cm³/mol. The topological polar surface area (TPSA) is 26.3 Å². The van der Waals surface area contributed by atoms with Crippen LogP contribution in [0.25, 0.3) is 0 Å². The molecule has 4 heteroatoms. The first-order valence-electron chi connectivity index (χ1n) is 4.87. The van der Waals surface area contributed by atoms with Crippen molar-refractivity contribution in [1.82, 2.24) is 0 Å². The monoisotopic (exact) mass is 204 g/mol. The molecule has 2 aliphatic rings. The van der Waals surface area contributed by atoms with Gasteiger partial charge in [0.2, 0.25) is 0 Å². The van der Waals surface area contributed by atoms with Crippen molar-refractivity contribution in [3.8, 4) is 0 Å². The molecule has 2 rings (SSSR count). The first-order chi connectivity index (χ1) is 6.32. The molecule has 2 aliphatic carbocycles. The third-order valence-corrected chi connectivity index (χ3v) is 3.84. The van der Waals surface area contributed by atoms with Crippen LogP contribution in [0.4, 0.5) is 8.78 Å². The summed E-state index contributed by atoms with van der Waals surface area (Å²) >= 11 is 0. The Morgan fingerprint density at radius 2 is 2.07 bits per heavy atom. The zero-order valence-electron chi connectivity index (χ0n) is 8.56. The second-order valence-electron chi connectivity index (χ2n) is 4.74. The lowest BCUT2D eigenvalue weighted by Crippen LogP contribution is -2.60. The molecule has 2 nitrogen and oxygen atoms in total. The first-order valence-corrected chi connectivity index (χ1v) is 4.87. The summed E-state index contributed by atoms with van der Waals surface area (Å²) < 4.78 is 32.1. The van der Waals surface area contributed by atoms with Crippen molar-refractivity contribution in [3.05, 3.63) is 0 Å². The third kappa shape index (κ3) is 0.708. The average Bonchev–Trinajstić information content (AvgIpc) is 2.78. The van der Waals surface area contributed by atoms with Crippen molar-refractivity contribution in [2.45, 2.75) is 33.1 Å². The highest BCUT2D eigenvalue weighted by molar-refractivity contribution is 5.85. The molecule has 0 aliphatic heterocycles. The van der Waals surface area contributed by atoms with E-state index in [0.717, 1.165) is 0 Å². The van der Waals surface area contributed by atoms with Crippen LogP contribution in [0.2, 0.25) is 0 Å². The maximum absolute atomic E-state index is 13.7. The molecule has 2 saturated carbocycles. The van der Waals surface area contributed by atoms with E-state index in [2.05, 4.69) is 0 Å². The average molecular weight is 204 g/mol. The van der Waals surface area contributed by atoms with Gasteiger partial charge in [0, 0.05) is 5.41 Å². The van der Waals surface area contributed by atoms with Crippen LogP contribution in [0.5, 0.6) is 0 Å². The Bertz CT molecular complexity index is 298. The highest BCUT2D eigenvalue weighted by atomic mass is 19.3. The Morgan fingerprint density at radius 3 is 2.43 bits per heavy atom. The van der Waals surface area contributed by atoms with E-state index in [-0.39, 0.29) is 18.9 Å². The Hall–Kier alpha value is -0.670. The van der Waals surface area contributed by atoms with E-state index in [1.165, 1.54) is 13.8 Å². The Labute approximate surface area is 81.6 Å². The summed E-state index contributed by atoms with van der Waals surface area (Å²) in [4.78, 5) is 11.4. The van der Waals surface area contributed by atoms with Crippen LogP contribution >= 0.6 is 0 Å². The maximum Gasteiger partial charge on any atom is 0.318 e. The third-order valence-electron chi connectivity index (χ3n) is 3.84. The summed E-state index contributed by atoms with van der Waals surface area (Å²) in [6.45, 7) is 4.84. The number of carbonyl (C=O) groups excluding carboxylic acids is 1. The van der Waals surface area contributed by atoms with Gasteiger partial charge in [-0.2, -0.15) is 0 Å². The Kier molecular flexibility index (Phi) is 1.61. The normalized spacial score (nSPS) is 40.8. The van der Waals surface area contributed by atoms with Gasteiger partial charge in [-0.3, -0.25) is 4.79 Å². The van der Waals surface area contributed by atoms with Gasteiger partial charge >= 0.3 is 5.97 Å². The molecule has 14 heavy (non-hydrogen) atoms. The quantitative estimate of drug-likeness (QED) is 0.645. The molecule has 0 aromatic rings. The second-order valence-corrected chi connectivity index (χ2v) is 4.74. The van der Waals surface area contributed by atoms with Crippen LogP contribution in [-0.4, -0.2) is 18.5 Å². The van der Waals surface area contributed by atoms with Crippen LogP contribution in [0.15, 0.2) is 0 Å². The highest BCUT2D eigenvalue weighted by Gasteiger charge is 2.92. The number of hydrogen-bond acceptors (Lipinski definition) is 2. The van der Waals surface area contributed by atoms with Gasteiger partial charge in [0.25, 0.3) is 5.92 Å². The van der Waals surface area contributed by atoms with Gasteiger partial charge in [-0.1, -0.05) is 13.8 Å². The predicted octanol–water partition coefficient (Wildman–Crippen LogP) is 2.23. The van der Waals surface area contributed by atoms with Crippen molar-refractivity contribution in [3.63, 3.8) is 0 Å². The summed E-state index contributed by atoms with van der Waals surface area (Å²) in [6, 6.07) is 0. The van der Waals surface area contributed by atoms with Gasteiger partial charge < -0.3 is 4.74 Å². The van der Waals surface area contributed by atoms with Gasteiger partial charge in [-0.05, 0) is 19.3 Å². The molecule has 0 radical (unpaired) electrons. The number of hydrogen-bond donors (Lipinski definition) is 0. The van der Waals surface area contributed by atoms with E-state index >= 15 is 0 Å². The van der Waals surface area contributed by atoms with Gasteiger partial charge in [-0.25, -0.2) is 8.78 Å². The molecule has 80 valence electrons. The molecule has 0 heterocycles. The lowest BCUT2D eigenvalue weighted by atomic mass is 9.60. The maximum atomic E-state index is 13.7. The zero-order chi connectivity index (χ0) is 10.8. The van der Waals surface area contributed by atoms with Crippen LogP contribution in [0.1, 0.15) is 27.2 Å². The SMILES string of the molecule is CCOC(=O)[C@]12C[C@H]1C(C)(C)C2(F)F. The largest absolute Gasteiger partial charge is 0.465 e. The fourth-order valence-corrected chi connectivity index (χ4v) is 2.81. The molecule has 0 N–H and O–H groups in total. The second kappa shape index (κ2) is 2.28. The summed E-state index contributed by atoms with van der Waals surface area (Å²) in [6.07, 6.45) is 0.284. The molecule has 0 amide bonds. The molecule has 0 bridgehead atoms. The lowest BCUT2D eigenvalue weighted by Gasteiger charge is -2.48. The van der Waals surface area contributed by atoms with E-state index in [1.54, 1.807) is 6.92 Å². The van der Waals surface area contributed by atoms with Crippen LogP contribution in [0, 0.1) is 16.7 Å².